The molecule has 0 bridgehead atoms. The van der Waals surface area contributed by atoms with Crippen LogP contribution in [0.3, 0.4) is 0 Å². The van der Waals surface area contributed by atoms with Crippen LogP contribution >= 0.6 is 0 Å². The molecule has 1 N–H and O–H groups in total. The van der Waals surface area contributed by atoms with Crippen LogP contribution in [0.2, 0.25) is 0 Å². The minimum absolute atomic E-state index is 0.965. The zero-order chi connectivity index (χ0) is 7.94. The van der Waals surface area contributed by atoms with E-state index in [1.54, 1.807) is 0 Å². The lowest BCUT2D eigenvalue weighted by atomic mass is 10.2. The fourth-order valence-electron chi connectivity index (χ4n) is 1.12. The highest BCUT2D eigenvalue weighted by Gasteiger charge is 2.01. The highest BCUT2D eigenvalue weighted by molar-refractivity contribution is 5.83. The molecular formula is C9H16N2. The molecule has 0 saturated carbocycles. The topological polar surface area (TPSA) is 24.4 Å². The monoisotopic (exact) mass is 152 g/mol. The molecule has 0 spiro atoms. The summed E-state index contributed by atoms with van der Waals surface area (Å²) >= 11 is 0. The van der Waals surface area contributed by atoms with Crippen molar-refractivity contribution >= 4 is 5.84 Å². The first-order chi connectivity index (χ1) is 5.43. The lowest BCUT2D eigenvalue weighted by Gasteiger charge is -1.97. The van der Waals surface area contributed by atoms with Gasteiger partial charge in [0, 0.05) is 13.0 Å². The second-order valence-corrected chi connectivity index (χ2v) is 2.67. The highest BCUT2D eigenvalue weighted by atomic mass is 15.1. The van der Waals surface area contributed by atoms with E-state index in [0.717, 1.165) is 32.4 Å². The van der Waals surface area contributed by atoms with Crippen molar-refractivity contribution < 1.29 is 0 Å². The van der Waals surface area contributed by atoms with Crippen molar-refractivity contribution in [2.24, 2.45) is 4.99 Å². The normalized spacial score (nSPS) is 17.0. The number of allylic oxidation sites excluding steroid dienone is 2. The molecule has 1 rings (SSSR count). The van der Waals surface area contributed by atoms with Crippen molar-refractivity contribution in [3.05, 3.63) is 12.2 Å². The van der Waals surface area contributed by atoms with E-state index in [9.17, 15) is 0 Å². The number of nitrogens with zero attached hydrogens (tertiary/aromatic N) is 1. The Labute approximate surface area is 68.4 Å². The Hall–Kier alpha value is -0.790. The van der Waals surface area contributed by atoms with Crippen LogP contribution in [0.1, 0.15) is 26.2 Å². The Morgan fingerprint density at radius 1 is 1.55 bits per heavy atom. The SMILES string of the molecule is CC/C=C/CCC1=NCCN1. The highest BCUT2D eigenvalue weighted by Crippen LogP contribution is 1.97. The van der Waals surface area contributed by atoms with Crippen LogP contribution in [-0.2, 0) is 0 Å². The van der Waals surface area contributed by atoms with Gasteiger partial charge in [0.15, 0.2) is 0 Å². The van der Waals surface area contributed by atoms with Crippen molar-refractivity contribution in [3.8, 4) is 0 Å². The van der Waals surface area contributed by atoms with Gasteiger partial charge in [0.2, 0.25) is 0 Å². The molecule has 1 aliphatic rings. The summed E-state index contributed by atoms with van der Waals surface area (Å²) in [4.78, 5) is 4.30. The zero-order valence-electron chi connectivity index (χ0n) is 7.14. The average Bonchev–Trinajstić information content (AvgIpc) is 2.50. The zero-order valence-corrected chi connectivity index (χ0v) is 7.14. The molecule has 0 radical (unpaired) electrons. The van der Waals surface area contributed by atoms with Gasteiger partial charge < -0.3 is 5.32 Å². The summed E-state index contributed by atoms with van der Waals surface area (Å²) in [5.41, 5.74) is 0. The summed E-state index contributed by atoms with van der Waals surface area (Å²) in [5.74, 6) is 1.19. The van der Waals surface area contributed by atoms with Crippen molar-refractivity contribution in [1.82, 2.24) is 5.32 Å². The number of rotatable bonds is 4. The third-order valence-electron chi connectivity index (χ3n) is 1.69. The van der Waals surface area contributed by atoms with Crippen LogP contribution in [0.15, 0.2) is 17.1 Å². The Bertz CT molecular complexity index is 159. The van der Waals surface area contributed by atoms with Crippen LogP contribution in [0.25, 0.3) is 0 Å². The number of aliphatic imine (C=N–C) groups is 1. The predicted octanol–water partition coefficient (Wildman–Crippen LogP) is 1.73. The molecule has 0 fully saturated rings. The van der Waals surface area contributed by atoms with Crippen molar-refractivity contribution in [2.45, 2.75) is 26.2 Å². The van der Waals surface area contributed by atoms with Crippen LogP contribution in [0, 0.1) is 0 Å². The second kappa shape index (κ2) is 4.94. The fraction of sp³-hybridized carbons (Fsp3) is 0.667. The Morgan fingerprint density at radius 3 is 3.09 bits per heavy atom. The molecule has 0 aliphatic carbocycles. The maximum Gasteiger partial charge on any atom is 0.0967 e. The van der Waals surface area contributed by atoms with Gasteiger partial charge in [0.1, 0.15) is 0 Å². The van der Waals surface area contributed by atoms with Crippen LogP contribution in [-0.4, -0.2) is 18.9 Å². The molecule has 2 nitrogen and oxygen atoms in total. The molecule has 0 aromatic heterocycles. The Balaban J connectivity index is 2.07. The van der Waals surface area contributed by atoms with E-state index in [4.69, 9.17) is 0 Å². The molecule has 0 unspecified atom stereocenters. The third-order valence-corrected chi connectivity index (χ3v) is 1.69. The van der Waals surface area contributed by atoms with Crippen LogP contribution in [0.4, 0.5) is 0 Å². The molecular weight excluding hydrogens is 136 g/mol. The first-order valence-corrected chi connectivity index (χ1v) is 4.35. The quantitative estimate of drug-likeness (QED) is 0.610. The second-order valence-electron chi connectivity index (χ2n) is 2.67. The molecule has 62 valence electrons. The van der Waals surface area contributed by atoms with Gasteiger partial charge in [0.25, 0.3) is 0 Å². The van der Waals surface area contributed by atoms with Gasteiger partial charge in [-0.25, -0.2) is 0 Å². The standard InChI is InChI=1S/C9H16N2/c1-2-3-4-5-6-9-10-7-8-11-9/h3-4H,2,5-8H2,1H3,(H,10,11)/b4-3+. The third kappa shape index (κ3) is 3.21. The lowest BCUT2D eigenvalue weighted by Crippen LogP contribution is -2.17. The molecule has 0 saturated heterocycles. The first kappa shape index (κ1) is 8.31. The van der Waals surface area contributed by atoms with E-state index in [0.29, 0.717) is 0 Å². The molecule has 2 heteroatoms. The van der Waals surface area contributed by atoms with Gasteiger partial charge in [-0.2, -0.15) is 0 Å². The van der Waals surface area contributed by atoms with E-state index in [1.165, 1.54) is 5.84 Å². The summed E-state index contributed by atoms with van der Waals surface area (Å²) in [6.07, 6.45) is 7.77. The number of amidine groups is 1. The van der Waals surface area contributed by atoms with Gasteiger partial charge in [-0.15, -0.1) is 0 Å². The molecule has 0 atom stereocenters. The minimum atomic E-state index is 0.965. The van der Waals surface area contributed by atoms with E-state index in [-0.39, 0.29) is 0 Å². The fourth-order valence-corrected chi connectivity index (χ4v) is 1.12. The van der Waals surface area contributed by atoms with Gasteiger partial charge in [-0.3, -0.25) is 4.99 Å². The van der Waals surface area contributed by atoms with Gasteiger partial charge in [-0.05, 0) is 12.8 Å². The summed E-state index contributed by atoms with van der Waals surface area (Å²) < 4.78 is 0. The van der Waals surface area contributed by atoms with Gasteiger partial charge >= 0.3 is 0 Å². The van der Waals surface area contributed by atoms with Gasteiger partial charge in [0.05, 0.1) is 12.4 Å². The molecule has 0 aromatic carbocycles. The Kier molecular flexibility index (Phi) is 3.73. The maximum absolute atomic E-state index is 4.30. The van der Waals surface area contributed by atoms with Crippen molar-refractivity contribution in [3.63, 3.8) is 0 Å². The largest absolute Gasteiger partial charge is 0.372 e. The smallest absolute Gasteiger partial charge is 0.0967 e. The molecule has 0 aromatic rings. The maximum atomic E-state index is 4.30. The Morgan fingerprint density at radius 2 is 2.45 bits per heavy atom. The minimum Gasteiger partial charge on any atom is -0.372 e. The molecule has 1 heterocycles. The average molecular weight is 152 g/mol. The van der Waals surface area contributed by atoms with E-state index < -0.39 is 0 Å². The molecule has 0 amide bonds. The first-order valence-electron chi connectivity index (χ1n) is 4.35. The van der Waals surface area contributed by atoms with E-state index in [1.807, 2.05) is 0 Å². The number of nitrogens with one attached hydrogen (secondary N) is 1. The van der Waals surface area contributed by atoms with E-state index in [2.05, 4.69) is 29.4 Å². The summed E-state index contributed by atoms with van der Waals surface area (Å²) in [6.45, 7) is 4.15. The van der Waals surface area contributed by atoms with Crippen molar-refractivity contribution in [1.29, 1.82) is 0 Å². The molecule has 11 heavy (non-hydrogen) atoms. The summed E-state index contributed by atoms with van der Waals surface area (Å²) in [7, 11) is 0. The van der Waals surface area contributed by atoms with Gasteiger partial charge in [-0.1, -0.05) is 19.1 Å². The number of hydrogen-bond acceptors (Lipinski definition) is 2. The summed E-state index contributed by atoms with van der Waals surface area (Å²) in [5, 5.41) is 3.25. The van der Waals surface area contributed by atoms with Crippen molar-refractivity contribution in [2.75, 3.05) is 13.1 Å². The predicted molar refractivity (Wildman–Crippen MR) is 49.0 cm³/mol. The van der Waals surface area contributed by atoms with Crippen LogP contribution < -0.4 is 5.32 Å². The molecule has 1 aliphatic heterocycles. The van der Waals surface area contributed by atoms with Crippen LogP contribution in [0.5, 0.6) is 0 Å². The van der Waals surface area contributed by atoms with E-state index >= 15 is 0 Å². The lowest BCUT2D eigenvalue weighted by molar-refractivity contribution is 0.940. The number of hydrogen-bond donors (Lipinski definition) is 1. The summed E-state index contributed by atoms with van der Waals surface area (Å²) in [6, 6.07) is 0.